The smallest absolute Gasteiger partial charge is 0.423 e. The highest BCUT2D eigenvalue weighted by molar-refractivity contribution is 7.13. The molecule has 4 rings (SSSR count). The minimum absolute atomic E-state index is 0.278. The molecule has 2 aromatic carbocycles. The van der Waals surface area contributed by atoms with Crippen LogP contribution in [0.25, 0.3) is 16.3 Å². The summed E-state index contributed by atoms with van der Waals surface area (Å²) in [5.74, 6) is -0.142. The van der Waals surface area contributed by atoms with E-state index >= 15 is 0 Å². The molecule has 0 aliphatic carbocycles. The number of carbonyl (C=O) groups is 1. The maximum Gasteiger partial charge on any atom is 0.435 e. The Kier molecular flexibility index (Phi) is 5.17. The van der Waals surface area contributed by atoms with Crippen molar-refractivity contribution in [1.29, 1.82) is 0 Å². The Morgan fingerprint density at radius 1 is 1.03 bits per heavy atom. The summed E-state index contributed by atoms with van der Waals surface area (Å²) >= 11 is 1.32. The number of thiophene rings is 1. The van der Waals surface area contributed by atoms with Crippen LogP contribution in [0.1, 0.15) is 21.6 Å². The summed E-state index contributed by atoms with van der Waals surface area (Å²) in [6.45, 7) is 1.92. The number of carbonyl (C=O) groups excluding carboxylic acids is 1. The number of aromatic nitrogens is 2. The van der Waals surface area contributed by atoms with Crippen LogP contribution in [0.5, 0.6) is 5.75 Å². The van der Waals surface area contributed by atoms with E-state index < -0.39 is 17.8 Å². The first-order chi connectivity index (χ1) is 14.3. The fourth-order valence-electron chi connectivity index (χ4n) is 2.83. The van der Waals surface area contributed by atoms with Crippen LogP contribution in [0.15, 0.2) is 72.1 Å². The van der Waals surface area contributed by atoms with Crippen LogP contribution in [-0.2, 0) is 6.18 Å². The Morgan fingerprint density at radius 3 is 2.33 bits per heavy atom. The van der Waals surface area contributed by atoms with Crippen LogP contribution in [0.3, 0.4) is 0 Å². The molecule has 0 aliphatic rings. The predicted molar refractivity (Wildman–Crippen MR) is 108 cm³/mol. The van der Waals surface area contributed by atoms with Crippen LogP contribution >= 0.6 is 11.3 Å². The average molecular weight is 428 g/mol. The molecule has 0 spiro atoms. The molecule has 4 nitrogen and oxygen atoms in total. The SMILES string of the molecule is Cc1ccc(OC(=O)c2ccc(-n3nc(C(F)(F)F)cc3-c3cccs3)cc2)cc1. The Hall–Kier alpha value is -3.39. The summed E-state index contributed by atoms with van der Waals surface area (Å²) < 4.78 is 46.2. The molecule has 0 saturated heterocycles. The van der Waals surface area contributed by atoms with Gasteiger partial charge >= 0.3 is 12.1 Å². The molecular formula is C22H15F3N2O2S. The second kappa shape index (κ2) is 7.79. The van der Waals surface area contributed by atoms with Crippen LogP contribution < -0.4 is 4.74 Å². The Morgan fingerprint density at radius 2 is 1.73 bits per heavy atom. The van der Waals surface area contributed by atoms with Gasteiger partial charge in [-0.15, -0.1) is 11.3 Å². The Labute approximate surface area is 174 Å². The largest absolute Gasteiger partial charge is 0.435 e. The van der Waals surface area contributed by atoms with Crippen LogP contribution in [0.4, 0.5) is 13.2 Å². The summed E-state index contributed by atoms with van der Waals surface area (Å²) in [6.07, 6.45) is -4.56. The molecule has 0 atom stereocenters. The summed E-state index contributed by atoms with van der Waals surface area (Å²) in [6, 6.07) is 17.6. The fraction of sp³-hybridized carbons (Fsp3) is 0.0909. The second-order valence-electron chi connectivity index (χ2n) is 6.55. The van der Waals surface area contributed by atoms with E-state index in [2.05, 4.69) is 5.10 Å². The summed E-state index contributed by atoms with van der Waals surface area (Å²) in [7, 11) is 0. The van der Waals surface area contributed by atoms with Crippen molar-refractivity contribution in [2.24, 2.45) is 0 Å². The van der Waals surface area contributed by atoms with Crippen LogP contribution in [0, 0.1) is 6.92 Å². The Bertz CT molecular complexity index is 1160. The van der Waals surface area contributed by atoms with Crippen molar-refractivity contribution < 1.29 is 22.7 Å². The van der Waals surface area contributed by atoms with Crippen molar-refractivity contribution in [2.75, 3.05) is 0 Å². The van der Waals surface area contributed by atoms with Gasteiger partial charge in [-0.3, -0.25) is 0 Å². The summed E-state index contributed by atoms with van der Waals surface area (Å²) in [5, 5.41) is 5.52. The lowest BCUT2D eigenvalue weighted by Crippen LogP contribution is -2.09. The number of hydrogen-bond donors (Lipinski definition) is 0. The number of nitrogens with zero attached hydrogens (tertiary/aromatic N) is 2. The van der Waals surface area contributed by atoms with Crippen molar-refractivity contribution >= 4 is 17.3 Å². The van der Waals surface area contributed by atoms with E-state index in [-0.39, 0.29) is 5.56 Å². The number of alkyl halides is 3. The number of halogens is 3. The van der Waals surface area contributed by atoms with E-state index in [1.165, 1.54) is 40.3 Å². The van der Waals surface area contributed by atoms with Gasteiger partial charge in [-0.25, -0.2) is 9.48 Å². The van der Waals surface area contributed by atoms with Gasteiger partial charge in [0, 0.05) is 0 Å². The van der Waals surface area contributed by atoms with E-state index in [4.69, 9.17) is 4.74 Å². The van der Waals surface area contributed by atoms with Crippen molar-refractivity contribution in [3.05, 3.63) is 88.9 Å². The molecule has 2 heterocycles. The van der Waals surface area contributed by atoms with E-state index in [9.17, 15) is 18.0 Å². The number of hydrogen-bond acceptors (Lipinski definition) is 4. The molecular weight excluding hydrogens is 413 g/mol. The van der Waals surface area contributed by atoms with Crippen molar-refractivity contribution in [3.63, 3.8) is 0 Å². The van der Waals surface area contributed by atoms with Gasteiger partial charge in [0.05, 0.1) is 21.8 Å². The third kappa shape index (κ3) is 4.13. The van der Waals surface area contributed by atoms with E-state index in [1.54, 1.807) is 29.6 Å². The van der Waals surface area contributed by atoms with Crippen LogP contribution in [0.2, 0.25) is 0 Å². The lowest BCUT2D eigenvalue weighted by atomic mass is 10.2. The third-order valence-corrected chi connectivity index (χ3v) is 5.24. The first kappa shape index (κ1) is 19.9. The van der Waals surface area contributed by atoms with Gasteiger partial charge in [-0.1, -0.05) is 23.8 Å². The first-order valence-corrected chi connectivity index (χ1v) is 9.80. The molecule has 0 unspecified atom stereocenters. The van der Waals surface area contributed by atoms with Crippen molar-refractivity contribution in [3.8, 4) is 22.0 Å². The van der Waals surface area contributed by atoms with Gasteiger partial charge in [0.25, 0.3) is 0 Å². The zero-order valence-corrected chi connectivity index (χ0v) is 16.5. The third-order valence-electron chi connectivity index (χ3n) is 4.35. The minimum Gasteiger partial charge on any atom is -0.423 e. The highest BCUT2D eigenvalue weighted by Gasteiger charge is 2.35. The number of aryl methyl sites for hydroxylation is 1. The quantitative estimate of drug-likeness (QED) is 0.289. The molecule has 2 aromatic heterocycles. The number of ether oxygens (including phenoxy) is 1. The molecule has 0 radical (unpaired) electrons. The molecule has 0 amide bonds. The topological polar surface area (TPSA) is 44.1 Å². The van der Waals surface area contributed by atoms with Gasteiger partial charge in [-0.05, 0) is 60.8 Å². The minimum atomic E-state index is -4.56. The van der Waals surface area contributed by atoms with Crippen LogP contribution in [-0.4, -0.2) is 15.7 Å². The second-order valence-corrected chi connectivity index (χ2v) is 7.50. The van der Waals surface area contributed by atoms with Gasteiger partial charge in [0.1, 0.15) is 5.75 Å². The average Bonchev–Trinajstić information content (AvgIpc) is 3.39. The molecule has 0 aliphatic heterocycles. The normalized spacial score (nSPS) is 11.5. The molecule has 0 saturated carbocycles. The fourth-order valence-corrected chi connectivity index (χ4v) is 3.55. The van der Waals surface area contributed by atoms with Gasteiger partial charge in [0.2, 0.25) is 0 Å². The lowest BCUT2D eigenvalue weighted by molar-refractivity contribution is -0.141. The zero-order chi connectivity index (χ0) is 21.3. The summed E-state index contributed by atoms with van der Waals surface area (Å²) in [5.41, 5.74) is 1.07. The molecule has 8 heteroatoms. The monoisotopic (exact) mass is 428 g/mol. The maximum atomic E-state index is 13.2. The number of rotatable bonds is 4. The molecule has 4 aromatic rings. The molecule has 0 bridgehead atoms. The Balaban J connectivity index is 1.63. The number of esters is 1. The lowest BCUT2D eigenvalue weighted by Gasteiger charge is -2.08. The predicted octanol–water partition coefficient (Wildman–Crippen LogP) is 6.15. The van der Waals surface area contributed by atoms with Gasteiger partial charge in [-0.2, -0.15) is 18.3 Å². The van der Waals surface area contributed by atoms with E-state index in [1.807, 2.05) is 19.1 Å². The van der Waals surface area contributed by atoms with Gasteiger partial charge in [0.15, 0.2) is 5.69 Å². The van der Waals surface area contributed by atoms with Crippen molar-refractivity contribution in [2.45, 2.75) is 13.1 Å². The molecule has 0 N–H and O–H groups in total. The highest BCUT2D eigenvalue weighted by atomic mass is 32.1. The molecule has 0 fully saturated rings. The van der Waals surface area contributed by atoms with Crippen molar-refractivity contribution in [1.82, 2.24) is 9.78 Å². The zero-order valence-electron chi connectivity index (χ0n) is 15.7. The standard InChI is InChI=1S/C22H15F3N2O2S/c1-14-4-10-17(11-5-14)29-21(28)15-6-8-16(9-7-15)27-18(19-3-2-12-30-19)13-20(26-27)22(23,24)25/h2-13H,1H3. The first-order valence-electron chi connectivity index (χ1n) is 8.92. The van der Waals surface area contributed by atoms with Gasteiger partial charge < -0.3 is 4.74 Å². The van der Waals surface area contributed by atoms with E-state index in [0.29, 0.717) is 22.0 Å². The summed E-state index contributed by atoms with van der Waals surface area (Å²) in [4.78, 5) is 13.0. The molecule has 30 heavy (non-hydrogen) atoms. The van der Waals surface area contributed by atoms with E-state index in [0.717, 1.165) is 11.6 Å². The number of benzene rings is 2. The maximum absolute atomic E-state index is 13.2. The highest BCUT2D eigenvalue weighted by Crippen LogP contribution is 2.34. The molecule has 152 valence electrons.